The zero-order valence-corrected chi connectivity index (χ0v) is 19.0. The van der Waals surface area contributed by atoms with Crippen LogP contribution >= 0.6 is 11.6 Å². The van der Waals surface area contributed by atoms with Gasteiger partial charge in [-0.25, -0.2) is 16.8 Å². The average molecular weight is 476 g/mol. The first-order valence-corrected chi connectivity index (χ1v) is 13.8. The van der Waals surface area contributed by atoms with Gasteiger partial charge in [0.1, 0.15) is 6.04 Å². The summed E-state index contributed by atoms with van der Waals surface area (Å²) in [6, 6.07) is 5.33. The number of carbonyl (C=O) groups is 1. The number of carbonyl (C=O) groups excluding carboxylic acids is 1. The predicted octanol–water partition coefficient (Wildman–Crippen LogP) is 0.824. The molecule has 4 rings (SSSR count). The summed E-state index contributed by atoms with van der Waals surface area (Å²) >= 11 is 5.87. The minimum Gasteiger partial charge on any atom is -0.339 e. The van der Waals surface area contributed by atoms with E-state index in [1.807, 2.05) is 0 Å². The Hall–Kier alpha value is -1.20. The molecular formula is C19H26ClN3O5S2. The number of benzene rings is 1. The summed E-state index contributed by atoms with van der Waals surface area (Å²) in [5, 5.41) is 0.455. The Morgan fingerprint density at radius 2 is 1.67 bits per heavy atom. The Bertz CT molecular complexity index is 1010. The van der Waals surface area contributed by atoms with Crippen LogP contribution in [0.15, 0.2) is 29.2 Å². The van der Waals surface area contributed by atoms with Crippen LogP contribution in [0.4, 0.5) is 0 Å². The van der Waals surface area contributed by atoms with Gasteiger partial charge in [-0.15, -0.1) is 0 Å². The number of halogens is 1. The van der Waals surface area contributed by atoms with E-state index >= 15 is 0 Å². The number of amides is 1. The average Bonchev–Trinajstić information content (AvgIpc) is 3.35. The lowest BCUT2D eigenvalue weighted by molar-refractivity contribution is -0.136. The topological polar surface area (TPSA) is 95.1 Å². The summed E-state index contributed by atoms with van der Waals surface area (Å²) in [6.07, 6.45) is 1.79. The van der Waals surface area contributed by atoms with Crippen LogP contribution in [0.1, 0.15) is 19.3 Å². The fourth-order valence-corrected chi connectivity index (χ4v) is 8.14. The van der Waals surface area contributed by atoms with E-state index < -0.39 is 25.9 Å². The second-order valence-electron chi connectivity index (χ2n) is 8.15. The van der Waals surface area contributed by atoms with Gasteiger partial charge in [-0.1, -0.05) is 11.6 Å². The van der Waals surface area contributed by atoms with E-state index in [2.05, 4.69) is 4.90 Å². The number of piperazine rings is 1. The van der Waals surface area contributed by atoms with Crippen LogP contribution in [0.2, 0.25) is 5.02 Å². The third kappa shape index (κ3) is 4.38. The van der Waals surface area contributed by atoms with Gasteiger partial charge in [0.15, 0.2) is 9.84 Å². The van der Waals surface area contributed by atoms with Crippen LogP contribution in [0.5, 0.6) is 0 Å². The third-order valence-corrected chi connectivity index (χ3v) is 10.2. The summed E-state index contributed by atoms with van der Waals surface area (Å²) in [7, 11) is -6.72. The van der Waals surface area contributed by atoms with Crippen molar-refractivity contribution in [1.29, 1.82) is 0 Å². The summed E-state index contributed by atoms with van der Waals surface area (Å²) in [4.78, 5) is 17.2. The summed E-state index contributed by atoms with van der Waals surface area (Å²) in [6.45, 7) is 2.52. The molecule has 1 aromatic carbocycles. The van der Waals surface area contributed by atoms with Crippen molar-refractivity contribution in [1.82, 2.24) is 14.1 Å². The fourth-order valence-electron chi connectivity index (χ4n) is 4.60. The molecule has 11 heteroatoms. The van der Waals surface area contributed by atoms with Gasteiger partial charge in [-0.3, -0.25) is 9.69 Å². The minimum absolute atomic E-state index is 0.0283. The molecule has 0 radical (unpaired) electrons. The van der Waals surface area contributed by atoms with Crippen LogP contribution in [0, 0.1) is 0 Å². The van der Waals surface area contributed by atoms with E-state index in [0.29, 0.717) is 57.0 Å². The molecule has 8 nitrogen and oxygen atoms in total. The zero-order chi connectivity index (χ0) is 21.5. The van der Waals surface area contributed by atoms with Crippen LogP contribution in [-0.4, -0.2) is 93.2 Å². The molecule has 1 amide bonds. The van der Waals surface area contributed by atoms with Crippen molar-refractivity contribution < 1.29 is 21.6 Å². The molecule has 1 aromatic rings. The first-order valence-electron chi connectivity index (χ1n) is 10.2. The highest BCUT2D eigenvalue weighted by Crippen LogP contribution is 2.28. The quantitative estimate of drug-likeness (QED) is 0.640. The maximum absolute atomic E-state index is 13.2. The molecule has 3 heterocycles. The maximum Gasteiger partial charge on any atom is 0.243 e. The standard InChI is InChI=1S/C19H26ClN3O5S2/c20-15-3-5-17(6-4-15)30(27,28)23-8-1-2-18(23)19(24)22-11-9-21(10-12-22)16-7-13-29(25,26)14-16/h3-6,16,18H,1-2,7-14H2/t16-,18+/m1/s1. The fraction of sp³-hybridized carbons (Fsp3) is 0.632. The van der Waals surface area contributed by atoms with Crippen molar-refractivity contribution in [2.45, 2.75) is 36.2 Å². The molecule has 0 aliphatic carbocycles. The zero-order valence-electron chi connectivity index (χ0n) is 16.6. The molecule has 2 atom stereocenters. The lowest BCUT2D eigenvalue weighted by Crippen LogP contribution is -2.56. The molecule has 0 saturated carbocycles. The first kappa shape index (κ1) is 22.0. The maximum atomic E-state index is 13.2. The van der Waals surface area contributed by atoms with Gasteiger partial charge >= 0.3 is 0 Å². The number of hydrogen-bond acceptors (Lipinski definition) is 6. The van der Waals surface area contributed by atoms with E-state index in [0.717, 1.165) is 0 Å². The molecule has 3 aliphatic heterocycles. The van der Waals surface area contributed by atoms with Crippen molar-refractivity contribution in [2.24, 2.45) is 0 Å². The highest BCUT2D eigenvalue weighted by Gasteiger charge is 2.42. The molecule has 3 fully saturated rings. The Labute approximate surface area is 182 Å². The molecular weight excluding hydrogens is 450 g/mol. The lowest BCUT2D eigenvalue weighted by Gasteiger charge is -2.39. The number of nitrogens with zero attached hydrogens (tertiary/aromatic N) is 3. The van der Waals surface area contributed by atoms with Gasteiger partial charge in [-0.2, -0.15) is 4.31 Å². The summed E-state index contributed by atoms with van der Waals surface area (Å²) < 4.78 is 50.9. The van der Waals surface area contributed by atoms with E-state index in [1.165, 1.54) is 28.6 Å². The number of sulfonamides is 1. The Morgan fingerprint density at radius 1 is 1.00 bits per heavy atom. The third-order valence-electron chi connectivity index (χ3n) is 6.26. The molecule has 0 bridgehead atoms. The van der Waals surface area contributed by atoms with Gasteiger partial charge < -0.3 is 4.90 Å². The predicted molar refractivity (Wildman–Crippen MR) is 114 cm³/mol. The van der Waals surface area contributed by atoms with E-state index in [-0.39, 0.29) is 28.4 Å². The Kier molecular flexibility index (Phi) is 6.15. The highest BCUT2D eigenvalue weighted by molar-refractivity contribution is 7.91. The van der Waals surface area contributed by atoms with Crippen molar-refractivity contribution in [3.8, 4) is 0 Å². The molecule has 3 saturated heterocycles. The molecule has 0 aromatic heterocycles. The van der Waals surface area contributed by atoms with Crippen molar-refractivity contribution in [3.05, 3.63) is 29.3 Å². The lowest BCUT2D eigenvalue weighted by atomic mass is 10.1. The number of sulfone groups is 1. The smallest absolute Gasteiger partial charge is 0.243 e. The van der Waals surface area contributed by atoms with Gasteiger partial charge in [0, 0.05) is 43.8 Å². The SMILES string of the molecule is O=C([C@@H]1CCCN1S(=O)(=O)c1ccc(Cl)cc1)N1CCN([C@@H]2CCS(=O)(=O)C2)CC1. The summed E-state index contributed by atoms with van der Waals surface area (Å²) in [5.74, 6) is 0.260. The molecule has 0 spiro atoms. The van der Waals surface area contributed by atoms with Gasteiger partial charge in [0.2, 0.25) is 15.9 Å². The van der Waals surface area contributed by atoms with Gasteiger partial charge in [-0.05, 0) is 43.5 Å². The van der Waals surface area contributed by atoms with E-state index in [1.54, 1.807) is 4.90 Å². The number of hydrogen-bond donors (Lipinski definition) is 0. The monoisotopic (exact) mass is 475 g/mol. The van der Waals surface area contributed by atoms with Gasteiger partial charge in [0.25, 0.3) is 0 Å². The minimum atomic E-state index is -3.78. The van der Waals surface area contributed by atoms with E-state index in [4.69, 9.17) is 11.6 Å². The molecule has 166 valence electrons. The number of rotatable bonds is 4. The Morgan fingerprint density at radius 3 is 2.27 bits per heavy atom. The van der Waals surface area contributed by atoms with Gasteiger partial charge in [0.05, 0.1) is 16.4 Å². The summed E-state index contributed by atoms with van der Waals surface area (Å²) in [5.41, 5.74) is 0. The van der Waals surface area contributed by atoms with Crippen LogP contribution in [-0.2, 0) is 24.7 Å². The van der Waals surface area contributed by atoms with Crippen molar-refractivity contribution in [3.63, 3.8) is 0 Å². The van der Waals surface area contributed by atoms with Crippen LogP contribution < -0.4 is 0 Å². The molecule has 30 heavy (non-hydrogen) atoms. The first-order chi connectivity index (χ1) is 14.2. The van der Waals surface area contributed by atoms with Crippen LogP contribution in [0.3, 0.4) is 0 Å². The normalized spacial score (nSPS) is 28.1. The largest absolute Gasteiger partial charge is 0.339 e. The van der Waals surface area contributed by atoms with E-state index in [9.17, 15) is 21.6 Å². The second-order valence-corrected chi connectivity index (χ2v) is 12.7. The Balaban J connectivity index is 1.41. The molecule has 0 unspecified atom stereocenters. The molecule has 3 aliphatic rings. The van der Waals surface area contributed by atoms with Crippen LogP contribution in [0.25, 0.3) is 0 Å². The second kappa shape index (κ2) is 8.38. The highest BCUT2D eigenvalue weighted by atomic mass is 35.5. The molecule has 0 N–H and O–H groups in total. The van der Waals surface area contributed by atoms with Crippen molar-refractivity contribution in [2.75, 3.05) is 44.2 Å². The van der Waals surface area contributed by atoms with Crippen molar-refractivity contribution >= 4 is 37.4 Å².